The number of rotatable bonds is 1. The van der Waals surface area contributed by atoms with Crippen LogP contribution in [-0.2, 0) is 4.79 Å². The molecule has 0 N–H and O–H groups in total. The third-order valence-corrected chi connectivity index (χ3v) is 5.24. The number of aliphatic imine (C=N–C) groups is 1. The summed E-state index contributed by atoms with van der Waals surface area (Å²) in [4.78, 5) is 30.5. The summed E-state index contributed by atoms with van der Waals surface area (Å²) in [5.41, 5.74) is 3.80. The van der Waals surface area contributed by atoms with Gasteiger partial charge >= 0.3 is 0 Å². The number of nitrogens with zero attached hydrogens (tertiary/aromatic N) is 1. The van der Waals surface area contributed by atoms with Crippen LogP contribution in [0.4, 0.5) is 0 Å². The summed E-state index contributed by atoms with van der Waals surface area (Å²) in [7, 11) is 0. The number of furan rings is 1. The van der Waals surface area contributed by atoms with Gasteiger partial charge in [0.15, 0.2) is 5.78 Å². The first-order chi connectivity index (χ1) is 11.8. The van der Waals surface area contributed by atoms with E-state index in [9.17, 15) is 9.59 Å². The van der Waals surface area contributed by atoms with Gasteiger partial charge in [-0.2, -0.15) is 0 Å². The maximum Gasteiger partial charge on any atom is 0.192 e. The van der Waals surface area contributed by atoms with Crippen molar-refractivity contribution in [2.75, 3.05) is 0 Å². The van der Waals surface area contributed by atoms with Crippen LogP contribution < -0.4 is 0 Å². The first kappa shape index (κ1) is 13.7. The number of Topliss-reactive ketones (excluding diaryl/α,β-unsaturated/α-hetero) is 2. The molecule has 0 saturated heterocycles. The first-order valence-electron chi connectivity index (χ1n) is 8.27. The Morgan fingerprint density at radius 1 is 0.958 bits per heavy atom. The topological polar surface area (TPSA) is 59.6 Å². The van der Waals surface area contributed by atoms with Gasteiger partial charge in [-0.15, -0.1) is 0 Å². The molecule has 3 aliphatic rings. The molecule has 1 aromatic heterocycles. The van der Waals surface area contributed by atoms with E-state index >= 15 is 0 Å². The molecule has 2 heterocycles. The molecule has 0 spiro atoms. The highest BCUT2D eigenvalue weighted by molar-refractivity contribution is 6.25. The monoisotopic (exact) mass is 317 g/mol. The molecule has 4 heteroatoms. The molecule has 0 amide bonds. The summed E-state index contributed by atoms with van der Waals surface area (Å²) >= 11 is 0. The summed E-state index contributed by atoms with van der Waals surface area (Å²) in [6, 6.07) is 11.2. The van der Waals surface area contributed by atoms with Crippen molar-refractivity contribution in [2.45, 2.75) is 25.2 Å². The molecular weight excluding hydrogens is 302 g/mol. The zero-order chi connectivity index (χ0) is 16.3. The van der Waals surface area contributed by atoms with Crippen LogP contribution in [0.15, 0.2) is 57.6 Å². The van der Waals surface area contributed by atoms with Gasteiger partial charge in [0.05, 0.1) is 23.8 Å². The highest BCUT2D eigenvalue weighted by atomic mass is 16.3. The lowest BCUT2D eigenvalue weighted by atomic mass is 9.71. The van der Waals surface area contributed by atoms with Crippen LogP contribution >= 0.6 is 0 Å². The molecular formula is C20H15NO3. The molecule has 1 saturated carbocycles. The van der Waals surface area contributed by atoms with Crippen LogP contribution in [0.2, 0.25) is 0 Å². The number of fused-ring (bicyclic) bond motifs is 3. The highest BCUT2D eigenvalue weighted by Crippen LogP contribution is 2.49. The number of benzene rings is 1. The van der Waals surface area contributed by atoms with E-state index in [1.54, 1.807) is 12.3 Å². The summed E-state index contributed by atoms with van der Waals surface area (Å²) < 4.78 is 5.63. The molecule has 118 valence electrons. The maximum absolute atomic E-state index is 13.0. The minimum Gasteiger partial charge on any atom is -0.469 e. The average Bonchev–Trinajstić information content (AvgIpc) is 3.22. The summed E-state index contributed by atoms with van der Waals surface area (Å²) in [5.74, 6) is 0.105. The van der Waals surface area contributed by atoms with Crippen LogP contribution in [0, 0.1) is 5.92 Å². The number of hydrogen-bond donors (Lipinski definition) is 0. The van der Waals surface area contributed by atoms with E-state index in [0.29, 0.717) is 23.3 Å². The maximum atomic E-state index is 13.0. The standard InChI is InChI=1S/C20H15NO3/c22-14-8-3-7-13-16(14)17(15-9-4-10-24-15)18-19(21-13)11-5-1-2-6-12(11)20(18)23/h1-2,4-6,9-10,16-17H,3,7-8H2/t16?,17-/m1/s1. The van der Waals surface area contributed by atoms with Crippen LogP contribution in [0.5, 0.6) is 0 Å². The smallest absolute Gasteiger partial charge is 0.192 e. The van der Waals surface area contributed by atoms with Crippen molar-refractivity contribution in [1.82, 2.24) is 0 Å². The Morgan fingerprint density at radius 3 is 2.58 bits per heavy atom. The number of hydrogen-bond acceptors (Lipinski definition) is 4. The second-order valence-electron chi connectivity index (χ2n) is 6.53. The predicted molar refractivity (Wildman–Crippen MR) is 88.9 cm³/mol. The zero-order valence-electron chi connectivity index (χ0n) is 13.0. The van der Waals surface area contributed by atoms with E-state index in [1.807, 2.05) is 30.3 Å². The van der Waals surface area contributed by atoms with Gasteiger partial charge in [0, 0.05) is 28.8 Å². The van der Waals surface area contributed by atoms with E-state index < -0.39 is 0 Å². The normalized spacial score (nSPS) is 25.2. The van der Waals surface area contributed by atoms with Gasteiger partial charge in [0.1, 0.15) is 11.5 Å². The summed E-state index contributed by atoms with van der Waals surface area (Å²) in [6.45, 7) is 0. The zero-order valence-corrected chi connectivity index (χ0v) is 13.0. The van der Waals surface area contributed by atoms with E-state index in [1.165, 1.54) is 0 Å². The Hall–Kier alpha value is -2.75. The number of carbonyl (C=O) groups is 2. The molecule has 5 rings (SSSR count). The van der Waals surface area contributed by atoms with Crippen molar-refractivity contribution in [3.63, 3.8) is 0 Å². The van der Waals surface area contributed by atoms with Crippen molar-refractivity contribution >= 4 is 23.0 Å². The van der Waals surface area contributed by atoms with E-state index in [2.05, 4.69) is 0 Å². The lowest BCUT2D eigenvalue weighted by molar-refractivity contribution is -0.122. The molecule has 2 atom stereocenters. The molecule has 4 nitrogen and oxygen atoms in total. The predicted octanol–water partition coefficient (Wildman–Crippen LogP) is 3.79. The fraction of sp³-hybridized carbons (Fsp3) is 0.250. The Labute approximate surface area is 138 Å². The third-order valence-electron chi connectivity index (χ3n) is 5.24. The van der Waals surface area contributed by atoms with Gasteiger partial charge in [0.25, 0.3) is 0 Å². The van der Waals surface area contributed by atoms with Gasteiger partial charge in [-0.1, -0.05) is 24.3 Å². The SMILES string of the molecule is O=C1C2=C(N=C3CCCC(=O)C3[C@H]2c2ccco2)c2ccccc21. The Morgan fingerprint density at radius 2 is 1.79 bits per heavy atom. The first-order valence-corrected chi connectivity index (χ1v) is 8.27. The molecule has 0 bridgehead atoms. The van der Waals surface area contributed by atoms with Crippen LogP contribution in [-0.4, -0.2) is 17.3 Å². The third kappa shape index (κ3) is 1.71. The minimum absolute atomic E-state index is 0.0248. The van der Waals surface area contributed by atoms with Gasteiger partial charge in [0.2, 0.25) is 0 Å². The molecule has 24 heavy (non-hydrogen) atoms. The number of ketones is 2. The van der Waals surface area contributed by atoms with Gasteiger partial charge in [-0.25, -0.2) is 0 Å². The Kier molecular flexibility index (Phi) is 2.77. The van der Waals surface area contributed by atoms with Gasteiger partial charge in [-0.05, 0) is 25.0 Å². The fourth-order valence-electron chi connectivity index (χ4n) is 4.22. The van der Waals surface area contributed by atoms with E-state index in [-0.39, 0.29) is 23.4 Å². The molecule has 0 radical (unpaired) electrons. The highest BCUT2D eigenvalue weighted by Gasteiger charge is 2.48. The van der Waals surface area contributed by atoms with Crippen LogP contribution in [0.3, 0.4) is 0 Å². The summed E-state index contributed by atoms with van der Waals surface area (Å²) in [6.07, 6.45) is 3.78. The van der Waals surface area contributed by atoms with E-state index in [0.717, 1.165) is 29.8 Å². The second-order valence-corrected chi connectivity index (χ2v) is 6.53. The molecule has 1 aliphatic heterocycles. The minimum atomic E-state index is -0.359. The second kappa shape index (κ2) is 4.87. The van der Waals surface area contributed by atoms with Crippen LogP contribution in [0.1, 0.15) is 46.9 Å². The fourth-order valence-corrected chi connectivity index (χ4v) is 4.22. The number of carbonyl (C=O) groups excluding carboxylic acids is 2. The average molecular weight is 317 g/mol. The van der Waals surface area contributed by atoms with Crippen molar-refractivity contribution < 1.29 is 14.0 Å². The Bertz CT molecular complexity index is 934. The lowest BCUT2D eigenvalue weighted by Gasteiger charge is -2.33. The van der Waals surface area contributed by atoms with Crippen molar-refractivity contribution in [1.29, 1.82) is 0 Å². The molecule has 1 fully saturated rings. The van der Waals surface area contributed by atoms with E-state index in [4.69, 9.17) is 9.41 Å². The largest absolute Gasteiger partial charge is 0.469 e. The lowest BCUT2D eigenvalue weighted by Crippen LogP contribution is -2.37. The molecule has 1 unspecified atom stereocenters. The number of allylic oxidation sites excluding steroid dienone is 1. The van der Waals surface area contributed by atoms with Crippen molar-refractivity contribution in [3.05, 3.63) is 65.1 Å². The molecule has 2 aromatic rings. The Balaban J connectivity index is 1.77. The quantitative estimate of drug-likeness (QED) is 0.804. The van der Waals surface area contributed by atoms with Crippen LogP contribution in [0.25, 0.3) is 5.70 Å². The van der Waals surface area contributed by atoms with Gasteiger partial charge in [-0.3, -0.25) is 14.6 Å². The molecule has 2 aliphatic carbocycles. The molecule has 1 aromatic carbocycles. The summed E-state index contributed by atoms with van der Waals surface area (Å²) in [5, 5.41) is 0. The van der Waals surface area contributed by atoms with Gasteiger partial charge < -0.3 is 4.42 Å². The van der Waals surface area contributed by atoms with Crippen molar-refractivity contribution in [3.8, 4) is 0 Å². The van der Waals surface area contributed by atoms with Crippen molar-refractivity contribution in [2.24, 2.45) is 10.9 Å².